The first-order chi connectivity index (χ1) is 8.56. The molecule has 0 saturated carbocycles. The molecular weight excluding hydrogens is 232 g/mol. The average Bonchev–Trinajstić information content (AvgIpc) is 2.37. The van der Waals surface area contributed by atoms with Crippen LogP contribution in [0.2, 0.25) is 0 Å². The highest BCUT2D eigenvalue weighted by atomic mass is 16.5. The smallest absolute Gasteiger partial charge is 0.322 e. The minimum atomic E-state index is 0.300. The molecule has 0 radical (unpaired) electrons. The molecule has 0 spiro atoms. The van der Waals surface area contributed by atoms with Gasteiger partial charge in [0.25, 0.3) is 0 Å². The van der Waals surface area contributed by atoms with Crippen molar-refractivity contribution < 1.29 is 4.74 Å². The lowest BCUT2D eigenvalue weighted by Crippen LogP contribution is -2.31. The first-order valence-corrected chi connectivity index (χ1v) is 5.98. The van der Waals surface area contributed by atoms with E-state index in [1.165, 1.54) is 7.11 Å². The van der Waals surface area contributed by atoms with Crippen molar-refractivity contribution in [1.82, 2.24) is 19.9 Å². The molecule has 1 heterocycles. The van der Waals surface area contributed by atoms with Crippen molar-refractivity contribution in [3.63, 3.8) is 0 Å². The fourth-order valence-corrected chi connectivity index (χ4v) is 1.24. The van der Waals surface area contributed by atoms with Gasteiger partial charge in [0.15, 0.2) is 0 Å². The summed E-state index contributed by atoms with van der Waals surface area (Å²) in [5, 5.41) is 6.02. The zero-order chi connectivity index (χ0) is 13.5. The summed E-state index contributed by atoms with van der Waals surface area (Å²) in [6.07, 6.45) is 0. The van der Waals surface area contributed by atoms with Crippen LogP contribution < -0.4 is 15.4 Å². The fourth-order valence-electron chi connectivity index (χ4n) is 1.24. The first kappa shape index (κ1) is 14.4. The predicted molar refractivity (Wildman–Crippen MR) is 72.2 cm³/mol. The van der Waals surface area contributed by atoms with E-state index < -0.39 is 0 Å². The lowest BCUT2D eigenvalue weighted by atomic mass is 10.3. The molecule has 0 aliphatic carbocycles. The number of nitrogens with one attached hydrogen (secondary N) is 2. The second-order valence-electron chi connectivity index (χ2n) is 4.22. The largest absolute Gasteiger partial charge is 0.467 e. The number of hydrogen-bond donors (Lipinski definition) is 2. The summed E-state index contributed by atoms with van der Waals surface area (Å²) in [7, 11) is 5.37. The Bertz CT molecular complexity index is 348. The quantitative estimate of drug-likeness (QED) is 0.740. The van der Waals surface area contributed by atoms with Gasteiger partial charge in [0.2, 0.25) is 11.9 Å². The molecule has 102 valence electrons. The van der Waals surface area contributed by atoms with Crippen LogP contribution in [0.5, 0.6) is 6.01 Å². The van der Waals surface area contributed by atoms with Crippen LogP contribution in [0.3, 0.4) is 0 Å². The minimum Gasteiger partial charge on any atom is -0.467 e. The van der Waals surface area contributed by atoms with E-state index in [9.17, 15) is 0 Å². The zero-order valence-electron chi connectivity index (χ0n) is 11.7. The molecule has 0 aromatic carbocycles. The third kappa shape index (κ3) is 4.33. The van der Waals surface area contributed by atoms with E-state index in [0.29, 0.717) is 23.9 Å². The van der Waals surface area contributed by atoms with Crippen LogP contribution in [-0.2, 0) is 0 Å². The van der Waals surface area contributed by atoms with Gasteiger partial charge in [-0.15, -0.1) is 0 Å². The number of likely N-dealkylation sites (N-methyl/N-ethyl adjacent to an activating group) is 1. The Labute approximate surface area is 108 Å². The van der Waals surface area contributed by atoms with Gasteiger partial charge in [-0.3, -0.25) is 0 Å². The summed E-state index contributed by atoms with van der Waals surface area (Å²) >= 11 is 0. The summed E-state index contributed by atoms with van der Waals surface area (Å²) in [5.41, 5.74) is 0. The summed E-state index contributed by atoms with van der Waals surface area (Å²) in [6.45, 7) is 6.00. The predicted octanol–water partition coefficient (Wildman–Crippen LogP) is 0.674. The lowest BCUT2D eigenvalue weighted by molar-refractivity contribution is 0.284. The molecule has 0 aliphatic heterocycles. The maximum absolute atomic E-state index is 5.01. The highest BCUT2D eigenvalue weighted by Crippen LogP contribution is 2.09. The Balaban J connectivity index is 2.56. The Kier molecular flexibility index (Phi) is 5.57. The van der Waals surface area contributed by atoms with Gasteiger partial charge >= 0.3 is 6.01 Å². The number of nitrogens with zero attached hydrogens (tertiary/aromatic N) is 4. The van der Waals surface area contributed by atoms with E-state index in [0.717, 1.165) is 13.1 Å². The Morgan fingerprint density at radius 1 is 1.22 bits per heavy atom. The monoisotopic (exact) mass is 254 g/mol. The summed E-state index contributed by atoms with van der Waals surface area (Å²) in [4.78, 5) is 14.6. The highest BCUT2D eigenvalue weighted by molar-refractivity contribution is 5.35. The minimum absolute atomic E-state index is 0.300. The molecular formula is C11H22N6O. The maximum atomic E-state index is 5.01. The van der Waals surface area contributed by atoms with E-state index in [2.05, 4.69) is 51.4 Å². The Hall–Kier alpha value is -1.63. The van der Waals surface area contributed by atoms with Crippen LogP contribution in [-0.4, -0.2) is 60.2 Å². The van der Waals surface area contributed by atoms with Gasteiger partial charge in [-0.05, 0) is 20.9 Å². The third-order valence-corrected chi connectivity index (χ3v) is 2.65. The molecule has 7 heteroatoms. The Morgan fingerprint density at radius 3 is 2.44 bits per heavy atom. The van der Waals surface area contributed by atoms with E-state index >= 15 is 0 Å². The van der Waals surface area contributed by atoms with Gasteiger partial charge in [-0.2, -0.15) is 15.0 Å². The van der Waals surface area contributed by atoms with Crippen LogP contribution in [0.25, 0.3) is 0 Å². The van der Waals surface area contributed by atoms with Crippen molar-refractivity contribution >= 4 is 11.9 Å². The number of ether oxygens (including phenoxy) is 1. The lowest BCUT2D eigenvalue weighted by Gasteiger charge is -2.20. The second-order valence-corrected chi connectivity index (χ2v) is 4.22. The summed E-state index contributed by atoms with van der Waals surface area (Å²) < 4.78 is 5.01. The molecule has 0 atom stereocenters. The molecule has 0 saturated heterocycles. The van der Waals surface area contributed by atoms with Crippen LogP contribution >= 0.6 is 0 Å². The van der Waals surface area contributed by atoms with Crippen LogP contribution in [0, 0.1) is 0 Å². The normalized spacial score (nSPS) is 10.8. The van der Waals surface area contributed by atoms with Gasteiger partial charge in [0.1, 0.15) is 0 Å². The van der Waals surface area contributed by atoms with Crippen LogP contribution in [0.15, 0.2) is 0 Å². The number of methoxy groups -OCH3 is 1. The molecule has 2 N–H and O–H groups in total. The van der Waals surface area contributed by atoms with Crippen molar-refractivity contribution in [2.24, 2.45) is 0 Å². The van der Waals surface area contributed by atoms with E-state index in [1.54, 1.807) is 7.05 Å². The SMILES string of the molecule is CNc1nc(NCCN(C)C(C)C)nc(OC)n1. The van der Waals surface area contributed by atoms with Gasteiger partial charge in [0.05, 0.1) is 7.11 Å². The molecule has 1 aromatic heterocycles. The average molecular weight is 254 g/mol. The van der Waals surface area contributed by atoms with Crippen molar-refractivity contribution in [2.45, 2.75) is 19.9 Å². The molecule has 1 aromatic rings. The molecule has 0 amide bonds. The summed E-state index contributed by atoms with van der Waals surface area (Å²) in [6, 6.07) is 0.821. The molecule has 0 bridgehead atoms. The number of rotatable bonds is 7. The second kappa shape index (κ2) is 6.95. The van der Waals surface area contributed by atoms with Crippen molar-refractivity contribution in [3.8, 4) is 6.01 Å². The molecule has 0 fully saturated rings. The number of anilines is 2. The van der Waals surface area contributed by atoms with E-state index in [4.69, 9.17) is 4.74 Å². The molecule has 7 nitrogen and oxygen atoms in total. The Morgan fingerprint density at radius 2 is 1.89 bits per heavy atom. The van der Waals surface area contributed by atoms with Crippen molar-refractivity contribution in [2.75, 3.05) is 44.9 Å². The van der Waals surface area contributed by atoms with Gasteiger partial charge < -0.3 is 20.3 Å². The maximum Gasteiger partial charge on any atom is 0.322 e. The molecule has 1 rings (SSSR count). The molecule has 18 heavy (non-hydrogen) atoms. The zero-order valence-corrected chi connectivity index (χ0v) is 11.7. The van der Waals surface area contributed by atoms with Gasteiger partial charge in [0, 0.05) is 26.2 Å². The molecule has 0 unspecified atom stereocenters. The topological polar surface area (TPSA) is 75.2 Å². The standard InChI is InChI=1S/C11H22N6O/c1-8(2)17(4)7-6-13-10-14-9(12-3)15-11(16-10)18-5/h8H,6-7H2,1-5H3,(H2,12,13,14,15,16). The van der Waals surface area contributed by atoms with Crippen LogP contribution in [0.4, 0.5) is 11.9 Å². The van der Waals surface area contributed by atoms with Gasteiger partial charge in [-0.1, -0.05) is 0 Å². The van der Waals surface area contributed by atoms with Crippen molar-refractivity contribution in [1.29, 1.82) is 0 Å². The first-order valence-electron chi connectivity index (χ1n) is 5.98. The van der Waals surface area contributed by atoms with E-state index in [-0.39, 0.29) is 0 Å². The van der Waals surface area contributed by atoms with E-state index in [1.807, 2.05) is 0 Å². The van der Waals surface area contributed by atoms with Crippen LogP contribution in [0.1, 0.15) is 13.8 Å². The number of hydrogen-bond acceptors (Lipinski definition) is 7. The summed E-state index contributed by atoms with van der Waals surface area (Å²) in [5.74, 6) is 1.00. The fraction of sp³-hybridized carbons (Fsp3) is 0.727. The third-order valence-electron chi connectivity index (χ3n) is 2.65. The molecule has 0 aliphatic rings. The van der Waals surface area contributed by atoms with Gasteiger partial charge in [-0.25, -0.2) is 0 Å². The highest BCUT2D eigenvalue weighted by Gasteiger charge is 2.06. The van der Waals surface area contributed by atoms with Crippen molar-refractivity contribution in [3.05, 3.63) is 0 Å². The number of aromatic nitrogens is 3.